The predicted molar refractivity (Wildman–Crippen MR) is 92.2 cm³/mol. The molecule has 1 aromatic heterocycles. The van der Waals surface area contributed by atoms with Gasteiger partial charge in [-0.2, -0.15) is 0 Å². The van der Waals surface area contributed by atoms with Crippen molar-refractivity contribution in [2.75, 3.05) is 0 Å². The Hall–Kier alpha value is -1.43. The van der Waals surface area contributed by atoms with Gasteiger partial charge in [-0.1, -0.05) is 44.9 Å². The third-order valence-electron chi connectivity index (χ3n) is 4.51. The Morgan fingerprint density at radius 2 is 1.92 bits per heavy atom. The van der Waals surface area contributed by atoms with Crippen LogP contribution in [-0.2, 0) is 5.75 Å². The number of nitrogens with zero attached hydrogens (tertiary/aromatic N) is 3. The van der Waals surface area contributed by atoms with E-state index in [1.54, 1.807) is 0 Å². The van der Waals surface area contributed by atoms with E-state index in [9.17, 15) is 8.78 Å². The fourth-order valence-electron chi connectivity index (χ4n) is 3.26. The molecule has 1 aromatic carbocycles. The summed E-state index contributed by atoms with van der Waals surface area (Å²) in [5.41, 5.74) is 0.365. The van der Waals surface area contributed by atoms with Crippen LogP contribution in [0, 0.1) is 11.6 Å². The van der Waals surface area contributed by atoms with Gasteiger partial charge in [0.15, 0.2) is 5.16 Å². The van der Waals surface area contributed by atoms with E-state index in [1.807, 2.05) is 0 Å². The fraction of sp³-hybridized carbons (Fsp3) is 0.556. The Labute approximate surface area is 145 Å². The van der Waals surface area contributed by atoms with Gasteiger partial charge in [-0.3, -0.25) is 0 Å². The first-order chi connectivity index (χ1) is 11.6. The van der Waals surface area contributed by atoms with Crippen molar-refractivity contribution in [3.05, 3.63) is 41.2 Å². The van der Waals surface area contributed by atoms with Crippen LogP contribution in [0.2, 0.25) is 0 Å². The molecule has 1 fully saturated rings. The van der Waals surface area contributed by atoms with E-state index in [1.165, 1.54) is 43.2 Å². The molecule has 3 nitrogen and oxygen atoms in total. The number of aromatic nitrogens is 3. The van der Waals surface area contributed by atoms with E-state index in [0.717, 1.165) is 29.9 Å². The van der Waals surface area contributed by atoms with Gasteiger partial charge < -0.3 is 4.57 Å². The van der Waals surface area contributed by atoms with Crippen molar-refractivity contribution in [1.29, 1.82) is 0 Å². The molecule has 24 heavy (non-hydrogen) atoms. The summed E-state index contributed by atoms with van der Waals surface area (Å²) in [5.74, 6) is 0.844. The van der Waals surface area contributed by atoms with Crippen molar-refractivity contribution in [2.24, 2.45) is 0 Å². The van der Waals surface area contributed by atoms with Gasteiger partial charge in [-0.25, -0.2) is 8.78 Å². The highest BCUT2D eigenvalue weighted by Gasteiger charge is 2.24. The third kappa shape index (κ3) is 3.79. The minimum absolute atomic E-state index is 0.291. The van der Waals surface area contributed by atoms with Crippen molar-refractivity contribution in [3.8, 4) is 0 Å². The summed E-state index contributed by atoms with van der Waals surface area (Å²) in [5, 5.41) is 9.52. The van der Waals surface area contributed by atoms with Gasteiger partial charge >= 0.3 is 0 Å². The Balaban J connectivity index is 1.83. The molecule has 3 rings (SSSR count). The molecule has 1 saturated carbocycles. The summed E-state index contributed by atoms with van der Waals surface area (Å²) < 4.78 is 29.4. The number of halogens is 2. The van der Waals surface area contributed by atoms with Crippen LogP contribution in [0.25, 0.3) is 0 Å². The SMILES string of the molecule is CC(C)c1nnc(SCc2cc(F)ccc2F)n1C1CCCCC1. The molecule has 0 amide bonds. The second-order valence-corrected chi connectivity index (χ2v) is 7.62. The normalized spacial score (nSPS) is 16.0. The maximum atomic E-state index is 13.8. The highest BCUT2D eigenvalue weighted by Crippen LogP contribution is 2.35. The highest BCUT2D eigenvalue weighted by molar-refractivity contribution is 7.98. The molecule has 0 unspecified atom stereocenters. The lowest BCUT2D eigenvalue weighted by Crippen LogP contribution is -2.17. The number of hydrogen-bond acceptors (Lipinski definition) is 3. The minimum Gasteiger partial charge on any atom is -0.303 e. The van der Waals surface area contributed by atoms with E-state index in [0.29, 0.717) is 23.3 Å². The zero-order valence-electron chi connectivity index (χ0n) is 14.1. The number of hydrogen-bond donors (Lipinski definition) is 0. The van der Waals surface area contributed by atoms with Crippen LogP contribution in [0.1, 0.15) is 69.3 Å². The lowest BCUT2D eigenvalue weighted by atomic mass is 9.95. The molecule has 2 aromatic rings. The monoisotopic (exact) mass is 351 g/mol. The minimum atomic E-state index is -0.413. The first-order valence-electron chi connectivity index (χ1n) is 8.57. The summed E-state index contributed by atoms with van der Waals surface area (Å²) in [6.07, 6.45) is 6.01. The van der Waals surface area contributed by atoms with Gasteiger partial charge in [-0.05, 0) is 31.0 Å². The number of thioether (sulfide) groups is 1. The Kier molecular flexibility index (Phi) is 5.54. The molecule has 0 saturated heterocycles. The average Bonchev–Trinajstić information content (AvgIpc) is 3.00. The molecule has 0 aliphatic heterocycles. The van der Waals surface area contributed by atoms with E-state index in [4.69, 9.17) is 0 Å². The molecule has 0 spiro atoms. The van der Waals surface area contributed by atoms with Crippen molar-refractivity contribution in [2.45, 2.75) is 68.8 Å². The van der Waals surface area contributed by atoms with Gasteiger partial charge in [0.1, 0.15) is 17.5 Å². The molecule has 0 atom stereocenters. The Morgan fingerprint density at radius 3 is 2.62 bits per heavy atom. The van der Waals surface area contributed by atoms with Crippen LogP contribution >= 0.6 is 11.8 Å². The largest absolute Gasteiger partial charge is 0.303 e. The first-order valence-corrected chi connectivity index (χ1v) is 9.56. The van der Waals surface area contributed by atoms with Crippen molar-refractivity contribution in [3.63, 3.8) is 0 Å². The van der Waals surface area contributed by atoms with Crippen LogP contribution in [-0.4, -0.2) is 14.8 Å². The zero-order chi connectivity index (χ0) is 17.1. The fourth-order valence-corrected chi connectivity index (χ4v) is 4.25. The molecule has 1 heterocycles. The molecular formula is C18H23F2N3S. The second kappa shape index (κ2) is 7.64. The summed E-state index contributed by atoms with van der Waals surface area (Å²) in [6.45, 7) is 4.23. The summed E-state index contributed by atoms with van der Waals surface area (Å²) in [6, 6.07) is 4.00. The van der Waals surface area contributed by atoms with Crippen LogP contribution in [0.3, 0.4) is 0 Å². The topological polar surface area (TPSA) is 30.7 Å². The molecule has 130 valence electrons. The summed E-state index contributed by atoms with van der Waals surface area (Å²) in [7, 11) is 0. The maximum Gasteiger partial charge on any atom is 0.191 e. The van der Waals surface area contributed by atoms with Crippen LogP contribution in [0.5, 0.6) is 0 Å². The smallest absolute Gasteiger partial charge is 0.191 e. The van der Waals surface area contributed by atoms with Crippen LogP contribution in [0.4, 0.5) is 8.78 Å². The first kappa shape index (κ1) is 17.4. The van der Waals surface area contributed by atoms with Crippen LogP contribution in [0.15, 0.2) is 23.4 Å². The van der Waals surface area contributed by atoms with Gasteiger partial charge in [0, 0.05) is 23.3 Å². The second-order valence-electron chi connectivity index (χ2n) is 6.68. The Bertz CT molecular complexity index is 694. The quantitative estimate of drug-likeness (QED) is 0.669. The standard InChI is InChI=1S/C18H23F2N3S/c1-12(2)17-21-22-18(23(17)15-6-4-3-5-7-15)24-11-13-10-14(19)8-9-16(13)20/h8-10,12,15H,3-7,11H2,1-2H3. The van der Waals surface area contributed by atoms with Gasteiger partial charge in [0.2, 0.25) is 0 Å². The molecule has 0 bridgehead atoms. The maximum absolute atomic E-state index is 13.8. The third-order valence-corrected chi connectivity index (χ3v) is 5.50. The molecule has 0 N–H and O–H groups in total. The van der Waals surface area contributed by atoms with Crippen molar-refractivity contribution in [1.82, 2.24) is 14.8 Å². The van der Waals surface area contributed by atoms with E-state index < -0.39 is 5.82 Å². The lowest BCUT2D eigenvalue weighted by molar-refractivity contribution is 0.326. The molecule has 1 aliphatic carbocycles. The molecule has 1 aliphatic rings. The number of benzene rings is 1. The van der Waals surface area contributed by atoms with Gasteiger partial charge in [0.25, 0.3) is 0 Å². The predicted octanol–water partition coefficient (Wildman–Crippen LogP) is 5.48. The van der Waals surface area contributed by atoms with Crippen molar-refractivity contribution < 1.29 is 8.78 Å². The van der Waals surface area contributed by atoms with Crippen LogP contribution < -0.4 is 0 Å². The van der Waals surface area contributed by atoms with E-state index >= 15 is 0 Å². The molecular weight excluding hydrogens is 328 g/mol. The summed E-state index contributed by atoms with van der Waals surface area (Å²) in [4.78, 5) is 0. The molecule has 0 radical (unpaired) electrons. The zero-order valence-corrected chi connectivity index (χ0v) is 15.0. The number of rotatable bonds is 5. The molecule has 6 heteroatoms. The lowest BCUT2D eigenvalue weighted by Gasteiger charge is -2.26. The average molecular weight is 351 g/mol. The van der Waals surface area contributed by atoms with Gasteiger partial charge in [-0.15, -0.1) is 10.2 Å². The van der Waals surface area contributed by atoms with Gasteiger partial charge in [0.05, 0.1) is 0 Å². The Morgan fingerprint density at radius 1 is 1.17 bits per heavy atom. The van der Waals surface area contributed by atoms with E-state index in [-0.39, 0.29) is 5.82 Å². The summed E-state index contributed by atoms with van der Waals surface area (Å²) >= 11 is 1.44. The highest BCUT2D eigenvalue weighted by atomic mass is 32.2. The van der Waals surface area contributed by atoms with E-state index in [2.05, 4.69) is 28.6 Å². The van der Waals surface area contributed by atoms with Crippen molar-refractivity contribution >= 4 is 11.8 Å².